The predicted molar refractivity (Wildman–Crippen MR) is 56.4 cm³/mol. The Kier molecular flexibility index (Phi) is 3.11. The van der Waals surface area contributed by atoms with E-state index in [0.29, 0.717) is 12.6 Å². The summed E-state index contributed by atoms with van der Waals surface area (Å²) in [5.74, 6) is 2.17. The van der Waals surface area contributed by atoms with Gasteiger partial charge in [-0.15, -0.1) is 0 Å². The largest absolute Gasteiger partial charge is 0.381 e. The topological polar surface area (TPSA) is 73.9 Å². The van der Waals surface area contributed by atoms with Crippen LogP contribution in [0.5, 0.6) is 0 Å². The first-order chi connectivity index (χ1) is 7.29. The molecule has 1 unspecified atom stereocenters. The summed E-state index contributed by atoms with van der Waals surface area (Å²) in [6, 6.07) is 0. The molecule has 0 spiro atoms. The molecule has 0 saturated carbocycles. The van der Waals surface area contributed by atoms with Gasteiger partial charge in [-0.25, -0.2) is 4.98 Å². The third-order valence-electron chi connectivity index (χ3n) is 2.56. The fourth-order valence-corrected chi connectivity index (χ4v) is 1.74. The summed E-state index contributed by atoms with van der Waals surface area (Å²) in [5, 5.41) is 0. The molecule has 1 aromatic heterocycles. The van der Waals surface area contributed by atoms with Crippen molar-refractivity contribution in [3.63, 3.8) is 0 Å². The van der Waals surface area contributed by atoms with Gasteiger partial charge in [-0.05, 0) is 12.8 Å². The van der Waals surface area contributed by atoms with Crippen LogP contribution >= 0.6 is 0 Å². The van der Waals surface area contributed by atoms with E-state index in [2.05, 4.69) is 15.0 Å². The Morgan fingerprint density at radius 1 is 1.40 bits per heavy atom. The van der Waals surface area contributed by atoms with Gasteiger partial charge in [-0.1, -0.05) is 6.92 Å². The molecule has 5 nitrogen and oxygen atoms in total. The molecule has 0 radical (unpaired) electrons. The average molecular weight is 208 g/mol. The van der Waals surface area contributed by atoms with Gasteiger partial charge in [0.2, 0.25) is 5.95 Å². The standard InChI is InChI=1S/C10H16N4O/c1-2-8-12-9(14-10(11)13-8)7-4-3-5-15-6-7/h7H,2-6H2,1H3,(H2,11,12,13,14). The van der Waals surface area contributed by atoms with Crippen molar-refractivity contribution in [1.82, 2.24) is 15.0 Å². The van der Waals surface area contributed by atoms with Gasteiger partial charge >= 0.3 is 0 Å². The number of aromatic nitrogens is 3. The molecule has 2 heterocycles. The molecular weight excluding hydrogens is 192 g/mol. The van der Waals surface area contributed by atoms with Gasteiger partial charge in [-0.2, -0.15) is 9.97 Å². The quantitative estimate of drug-likeness (QED) is 0.782. The van der Waals surface area contributed by atoms with Crippen molar-refractivity contribution in [2.45, 2.75) is 32.1 Å². The maximum absolute atomic E-state index is 5.64. The third-order valence-corrected chi connectivity index (χ3v) is 2.56. The molecule has 1 fully saturated rings. The van der Waals surface area contributed by atoms with Crippen molar-refractivity contribution in [2.75, 3.05) is 18.9 Å². The summed E-state index contributed by atoms with van der Waals surface area (Å²) in [4.78, 5) is 12.6. The summed E-state index contributed by atoms with van der Waals surface area (Å²) in [6.45, 7) is 3.56. The predicted octanol–water partition coefficient (Wildman–Crippen LogP) is 0.910. The van der Waals surface area contributed by atoms with Crippen molar-refractivity contribution in [3.05, 3.63) is 11.6 Å². The summed E-state index contributed by atoms with van der Waals surface area (Å²) in [6.07, 6.45) is 2.93. The Bertz CT molecular complexity index is 336. The summed E-state index contributed by atoms with van der Waals surface area (Å²) >= 11 is 0. The van der Waals surface area contributed by atoms with E-state index in [9.17, 15) is 0 Å². The van der Waals surface area contributed by atoms with E-state index in [-0.39, 0.29) is 5.92 Å². The highest BCUT2D eigenvalue weighted by Crippen LogP contribution is 2.22. The molecule has 0 aliphatic carbocycles. The Labute approximate surface area is 89.1 Å². The average Bonchev–Trinajstić information content (AvgIpc) is 2.29. The van der Waals surface area contributed by atoms with E-state index in [1.807, 2.05) is 6.92 Å². The summed E-state index contributed by atoms with van der Waals surface area (Å²) < 4.78 is 5.41. The maximum Gasteiger partial charge on any atom is 0.223 e. The molecule has 1 aliphatic rings. The lowest BCUT2D eigenvalue weighted by Crippen LogP contribution is -2.19. The van der Waals surface area contributed by atoms with Crippen molar-refractivity contribution in [1.29, 1.82) is 0 Å². The Morgan fingerprint density at radius 3 is 2.93 bits per heavy atom. The van der Waals surface area contributed by atoms with Gasteiger partial charge in [0.15, 0.2) is 0 Å². The fraction of sp³-hybridized carbons (Fsp3) is 0.700. The zero-order valence-corrected chi connectivity index (χ0v) is 8.94. The van der Waals surface area contributed by atoms with Crippen LogP contribution in [-0.4, -0.2) is 28.2 Å². The number of hydrogen-bond acceptors (Lipinski definition) is 5. The molecule has 0 bridgehead atoms. The van der Waals surface area contributed by atoms with E-state index in [4.69, 9.17) is 10.5 Å². The van der Waals surface area contributed by atoms with E-state index < -0.39 is 0 Å². The second kappa shape index (κ2) is 4.53. The van der Waals surface area contributed by atoms with Crippen LogP contribution in [0.25, 0.3) is 0 Å². The third kappa shape index (κ3) is 2.41. The van der Waals surface area contributed by atoms with Crippen molar-refractivity contribution >= 4 is 5.95 Å². The molecule has 1 aromatic rings. The van der Waals surface area contributed by atoms with Crippen LogP contribution in [0.15, 0.2) is 0 Å². The van der Waals surface area contributed by atoms with Crippen LogP contribution in [0.2, 0.25) is 0 Å². The number of hydrogen-bond donors (Lipinski definition) is 1. The van der Waals surface area contributed by atoms with Crippen LogP contribution in [0.3, 0.4) is 0 Å². The first-order valence-corrected chi connectivity index (χ1v) is 5.37. The number of anilines is 1. The maximum atomic E-state index is 5.64. The molecule has 1 atom stereocenters. The normalized spacial score (nSPS) is 21.5. The van der Waals surface area contributed by atoms with Crippen molar-refractivity contribution < 1.29 is 4.74 Å². The fourth-order valence-electron chi connectivity index (χ4n) is 1.74. The second-order valence-electron chi connectivity index (χ2n) is 3.74. The molecule has 2 rings (SSSR count). The van der Waals surface area contributed by atoms with Crippen LogP contribution < -0.4 is 5.73 Å². The van der Waals surface area contributed by atoms with Crippen LogP contribution in [0, 0.1) is 0 Å². The van der Waals surface area contributed by atoms with E-state index in [0.717, 1.165) is 37.5 Å². The van der Waals surface area contributed by atoms with Gasteiger partial charge in [0.1, 0.15) is 11.6 Å². The Morgan fingerprint density at radius 2 is 2.27 bits per heavy atom. The second-order valence-corrected chi connectivity index (χ2v) is 3.74. The number of aryl methyl sites for hydroxylation is 1. The van der Waals surface area contributed by atoms with Crippen LogP contribution in [-0.2, 0) is 11.2 Å². The zero-order chi connectivity index (χ0) is 10.7. The lowest BCUT2D eigenvalue weighted by atomic mass is 10.0. The molecule has 1 saturated heterocycles. The van der Waals surface area contributed by atoms with Gasteiger partial charge < -0.3 is 10.5 Å². The first-order valence-electron chi connectivity index (χ1n) is 5.37. The highest BCUT2D eigenvalue weighted by molar-refractivity contribution is 5.17. The number of nitrogens with zero attached hydrogens (tertiary/aromatic N) is 3. The zero-order valence-electron chi connectivity index (χ0n) is 8.94. The number of rotatable bonds is 2. The molecular formula is C10H16N4O. The van der Waals surface area contributed by atoms with Gasteiger partial charge in [0.25, 0.3) is 0 Å². The van der Waals surface area contributed by atoms with E-state index in [1.54, 1.807) is 0 Å². The van der Waals surface area contributed by atoms with E-state index >= 15 is 0 Å². The highest BCUT2D eigenvalue weighted by Gasteiger charge is 2.19. The van der Waals surface area contributed by atoms with Crippen molar-refractivity contribution in [2.24, 2.45) is 0 Å². The minimum atomic E-state index is 0.286. The lowest BCUT2D eigenvalue weighted by Gasteiger charge is -2.20. The van der Waals surface area contributed by atoms with Gasteiger partial charge in [0, 0.05) is 18.9 Å². The number of nitrogens with two attached hydrogens (primary N) is 1. The van der Waals surface area contributed by atoms with Gasteiger partial charge in [0.05, 0.1) is 6.61 Å². The van der Waals surface area contributed by atoms with E-state index in [1.165, 1.54) is 0 Å². The molecule has 1 aliphatic heterocycles. The minimum absolute atomic E-state index is 0.286. The number of ether oxygens (including phenoxy) is 1. The monoisotopic (exact) mass is 208 g/mol. The smallest absolute Gasteiger partial charge is 0.223 e. The Balaban J connectivity index is 2.22. The molecule has 15 heavy (non-hydrogen) atoms. The molecule has 5 heteroatoms. The van der Waals surface area contributed by atoms with Crippen LogP contribution in [0.1, 0.15) is 37.3 Å². The molecule has 82 valence electrons. The summed E-state index contributed by atoms with van der Waals surface area (Å²) in [7, 11) is 0. The highest BCUT2D eigenvalue weighted by atomic mass is 16.5. The van der Waals surface area contributed by atoms with Crippen LogP contribution in [0.4, 0.5) is 5.95 Å². The Hall–Kier alpha value is -1.23. The lowest BCUT2D eigenvalue weighted by molar-refractivity contribution is 0.0779. The molecule has 0 aromatic carbocycles. The minimum Gasteiger partial charge on any atom is -0.381 e. The SMILES string of the molecule is CCc1nc(N)nc(C2CCCOC2)n1. The number of nitrogen functional groups attached to an aromatic ring is 1. The molecule has 0 amide bonds. The first kappa shape index (κ1) is 10.3. The molecule has 2 N–H and O–H groups in total. The summed E-state index contributed by atoms with van der Waals surface area (Å²) in [5.41, 5.74) is 5.64. The van der Waals surface area contributed by atoms with Crippen molar-refractivity contribution in [3.8, 4) is 0 Å². The van der Waals surface area contributed by atoms with Gasteiger partial charge in [-0.3, -0.25) is 0 Å².